The topological polar surface area (TPSA) is 12.0 Å². The van der Waals surface area contributed by atoms with Gasteiger partial charge in [-0.2, -0.15) is 0 Å². The Balaban J connectivity index is 1.87. The van der Waals surface area contributed by atoms with E-state index in [0.717, 1.165) is 17.9 Å². The van der Waals surface area contributed by atoms with Gasteiger partial charge in [0.2, 0.25) is 0 Å². The van der Waals surface area contributed by atoms with Gasteiger partial charge < -0.3 is 5.32 Å². The van der Waals surface area contributed by atoms with E-state index in [9.17, 15) is 0 Å². The molecule has 0 amide bonds. The fourth-order valence-electron chi connectivity index (χ4n) is 2.58. The molecule has 1 aromatic rings. The lowest BCUT2D eigenvalue weighted by Gasteiger charge is -2.20. The number of hydrogen-bond donors (Lipinski definition) is 1. The minimum absolute atomic E-state index is 0.785. The molecule has 0 aromatic heterocycles. The van der Waals surface area contributed by atoms with Crippen molar-refractivity contribution in [2.24, 2.45) is 11.8 Å². The maximum Gasteiger partial charge on any atom is 0.00683 e. The van der Waals surface area contributed by atoms with Crippen LogP contribution in [0.2, 0.25) is 0 Å². The summed E-state index contributed by atoms with van der Waals surface area (Å²) in [5.41, 5.74) is 2.85. The van der Waals surface area contributed by atoms with Crippen LogP contribution in [0, 0.1) is 18.8 Å². The molecule has 1 heteroatoms. The van der Waals surface area contributed by atoms with Gasteiger partial charge in [0, 0.05) is 6.04 Å². The molecule has 0 bridgehead atoms. The predicted molar refractivity (Wildman–Crippen MR) is 78.9 cm³/mol. The maximum absolute atomic E-state index is 3.69. The SMILES string of the molecule is Cc1ccc(CC(CNC2CC2)CC(C)C)cc1. The van der Waals surface area contributed by atoms with Crippen LogP contribution in [0.25, 0.3) is 0 Å². The van der Waals surface area contributed by atoms with E-state index in [2.05, 4.69) is 50.4 Å². The van der Waals surface area contributed by atoms with Gasteiger partial charge in [0.1, 0.15) is 0 Å². The van der Waals surface area contributed by atoms with Crippen molar-refractivity contribution in [3.63, 3.8) is 0 Å². The van der Waals surface area contributed by atoms with Gasteiger partial charge in [0.25, 0.3) is 0 Å². The van der Waals surface area contributed by atoms with Crippen LogP contribution in [-0.4, -0.2) is 12.6 Å². The summed E-state index contributed by atoms with van der Waals surface area (Å²) in [5.74, 6) is 1.58. The van der Waals surface area contributed by atoms with Crippen molar-refractivity contribution >= 4 is 0 Å². The highest BCUT2D eigenvalue weighted by Gasteiger charge is 2.22. The van der Waals surface area contributed by atoms with Crippen LogP contribution >= 0.6 is 0 Å². The van der Waals surface area contributed by atoms with Crippen molar-refractivity contribution in [2.45, 2.75) is 52.5 Å². The van der Waals surface area contributed by atoms with E-state index in [1.54, 1.807) is 0 Å². The van der Waals surface area contributed by atoms with E-state index >= 15 is 0 Å². The summed E-state index contributed by atoms with van der Waals surface area (Å²) in [5, 5.41) is 3.69. The summed E-state index contributed by atoms with van der Waals surface area (Å²) in [7, 11) is 0. The van der Waals surface area contributed by atoms with Crippen LogP contribution in [0.15, 0.2) is 24.3 Å². The van der Waals surface area contributed by atoms with Crippen molar-refractivity contribution in [1.82, 2.24) is 5.32 Å². The van der Waals surface area contributed by atoms with Crippen molar-refractivity contribution in [1.29, 1.82) is 0 Å². The summed E-state index contributed by atoms with van der Waals surface area (Å²) in [6.45, 7) is 8.01. The Bertz CT molecular complexity index is 348. The first-order valence-corrected chi connectivity index (χ1v) is 7.42. The molecule has 1 fully saturated rings. The fraction of sp³-hybridized carbons (Fsp3) is 0.647. The Morgan fingerprint density at radius 3 is 2.39 bits per heavy atom. The quantitative estimate of drug-likeness (QED) is 0.767. The van der Waals surface area contributed by atoms with Crippen molar-refractivity contribution in [3.05, 3.63) is 35.4 Å². The van der Waals surface area contributed by atoms with Crippen LogP contribution < -0.4 is 5.32 Å². The number of aryl methyl sites for hydroxylation is 1. The van der Waals surface area contributed by atoms with Crippen LogP contribution in [0.4, 0.5) is 0 Å². The standard InChI is InChI=1S/C17H27N/c1-13(2)10-16(12-18-17-8-9-17)11-15-6-4-14(3)5-7-15/h4-7,13,16-18H,8-12H2,1-3H3. The molecule has 1 aliphatic rings. The van der Waals surface area contributed by atoms with E-state index in [0.29, 0.717) is 0 Å². The van der Waals surface area contributed by atoms with Crippen LogP contribution in [0.3, 0.4) is 0 Å². The normalized spacial score (nSPS) is 17.1. The highest BCUT2D eigenvalue weighted by Crippen LogP contribution is 2.22. The molecule has 0 heterocycles. The Kier molecular flexibility index (Phi) is 4.82. The third-order valence-electron chi connectivity index (χ3n) is 3.72. The van der Waals surface area contributed by atoms with E-state index in [1.165, 1.54) is 43.4 Å². The number of benzene rings is 1. The second-order valence-electron chi connectivity index (χ2n) is 6.37. The lowest BCUT2D eigenvalue weighted by molar-refractivity contribution is 0.384. The van der Waals surface area contributed by atoms with E-state index < -0.39 is 0 Å². The molecule has 1 saturated carbocycles. The molecule has 100 valence electrons. The molecule has 1 atom stereocenters. The van der Waals surface area contributed by atoms with Gasteiger partial charge in [-0.3, -0.25) is 0 Å². The van der Waals surface area contributed by atoms with E-state index in [-0.39, 0.29) is 0 Å². The minimum atomic E-state index is 0.785. The molecule has 1 unspecified atom stereocenters. The van der Waals surface area contributed by atoms with Crippen molar-refractivity contribution in [2.75, 3.05) is 6.54 Å². The smallest absolute Gasteiger partial charge is 0.00683 e. The molecule has 1 aliphatic carbocycles. The van der Waals surface area contributed by atoms with Crippen LogP contribution in [-0.2, 0) is 6.42 Å². The molecular weight excluding hydrogens is 218 g/mol. The Labute approximate surface area is 112 Å². The highest BCUT2D eigenvalue weighted by molar-refractivity contribution is 5.21. The van der Waals surface area contributed by atoms with Crippen LogP contribution in [0.5, 0.6) is 0 Å². The number of nitrogens with one attached hydrogen (secondary N) is 1. The van der Waals surface area contributed by atoms with Crippen molar-refractivity contribution < 1.29 is 0 Å². The first-order chi connectivity index (χ1) is 8.63. The van der Waals surface area contributed by atoms with Gasteiger partial charge >= 0.3 is 0 Å². The molecule has 1 N–H and O–H groups in total. The molecule has 2 rings (SSSR count). The van der Waals surface area contributed by atoms with E-state index in [4.69, 9.17) is 0 Å². The Hall–Kier alpha value is -0.820. The predicted octanol–water partition coefficient (Wildman–Crippen LogP) is 3.95. The first kappa shape index (κ1) is 13.6. The van der Waals surface area contributed by atoms with Gasteiger partial charge in [-0.25, -0.2) is 0 Å². The summed E-state index contributed by atoms with van der Waals surface area (Å²) in [6, 6.07) is 9.88. The van der Waals surface area contributed by atoms with Gasteiger partial charge in [0.15, 0.2) is 0 Å². The molecule has 18 heavy (non-hydrogen) atoms. The zero-order valence-electron chi connectivity index (χ0n) is 12.1. The second kappa shape index (κ2) is 6.38. The molecule has 0 saturated heterocycles. The third-order valence-corrected chi connectivity index (χ3v) is 3.72. The fourth-order valence-corrected chi connectivity index (χ4v) is 2.58. The summed E-state index contributed by atoms with van der Waals surface area (Å²) >= 11 is 0. The lowest BCUT2D eigenvalue weighted by Crippen LogP contribution is -2.27. The third kappa shape index (κ3) is 4.81. The molecule has 1 aromatic carbocycles. The minimum Gasteiger partial charge on any atom is -0.314 e. The van der Waals surface area contributed by atoms with Crippen molar-refractivity contribution in [3.8, 4) is 0 Å². The molecular formula is C17H27N. The highest BCUT2D eigenvalue weighted by atomic mass is 14.9. The summed E-state index contributed by atoms with van der Waals surface area (Å²) in [6.07, 6.45) is 5.32. The second-order valence-corrected chi connectivity index (χ2v) is 6.37. The Morgan fingerprint density at radius 2 is 1.83 bits per heavy atom. The average molecular weight is 245 g/mol. The maximum atomic E-state index is 3.69. The monoisotopic (exact) mass is 245 g/mol. The molecule has 1 nitrogen and oxygen atoms in total. The van der Waals surface area contributed by atoms with Gasteiger partial charge in [-0.15, -0.1) is 0 Å². The van der Waals surface area contributed by atoms with Gasteiger partial charge in [-0.05, 0) is 56.6 Å². The van der Waals surface area contributed by atoms with Crippen LogP contribution in [0.1, 0.15) is 44.2 Å². The lowest BCUT2D eigenvalue weighted by atomic mass is 9.90. The summed E-state index contributed by atoms with van der Waals surface area (Å²) < 4.78 is 0. The van der Waals surface area contributed by atoms with Gasteiger partial charge in [-0.1, -0.05) is 43.7 Å². The molecule has 0 spiro atoms. The molecule has 0 radical (unpaired) electrons. The number of rotatable bonds is 7. The zero-order chi connectivity index (χ0) is 13.0. The first-order valence-electron chi connectivity index (χ1n) is 7.42. The van der Waals surface area contributed by atoms with E-state index in [1.807, 2.05) is 0 Å². The number of hydrogen-bond acceptors (Lipinski definition) is 1. The average Bonchev–Trinajstić information content (AvgIpc) is 3.12. The molecule has 0 aliphatic heterocycles. The Morgan fingerprint density at radius 1 is 1.17 bits per heavy atom. The summed E-state index contributed by atoms with van der Waals surface area (Å²) in [4.78, 5) is 0. The largest absolute Gasteiger partial charge is 0.314 e. The van der Waals surface area contributed by atoms with Gasteiger partial charge in [0.05, 0.1) is 0 Å². The zero-order valence-corrected chi connectivity index (χ0v) is 12.1.